The van der Waals surface area contributed by atoms with Gasteiger partial charge in [0.1, 0.15) is 6.61 Å². The maximum Gasteiger partial charge on any atom is 0.483 e. The molecule has 0 bridgehead atoms. The van der Waals surface area contributed by atoms with Gasteiger partial charge in [-0.15, -0.1) is 0 Å². The van der Waals surface area contributed by atoms with Gasteiger partial charge < -0.3 is 4.74 Å². The smallest absolute Gasteiger partial charge is 0.372 e. The molecule has 0 aromatic heterocycles. The van der Waals surface area contributed by atoms with Crippen molar-refractivity contribution in [3.63, 3.8) is 0 Å². The average molecular weight is 258 g/mol. The second kappa shape index (κ2) is 5.17. The first-order valence-corrected chi connectivity index (χ1v) is 4.12. The average Bonchev–Trinajstić information content (AvgIpc) is 1.99. The Morgan fingerprint density at radius 3 is 1.81 bits per heavy atom. The molecule has 0 N–H and O–H groups in total. The minimum atomic E-state index is -6.19. The maximum absolute atomic E-state index is 12.4. The van der Waals surface area contributed by atoms with E-state index in [9.17, 15) is 30.7 Å². The minimum Gasteiger partial charge on any atom is -0.372 e. The van der Waals surface area contributed by atoms with Crippen molar-refractivity contribution in [1.29, 1.82) is 0 Å². The lowest BCUT2D eigenvalue weighted by molar-refractivity contribution is -0.460. The molecule has 0 saturated carbocycles. The first kappa shape index (κ1) is 15.4. The van der Waals surface area contributed by atoms with Gasteiger partial charge in [-0.1, -0.05) is 6.92 Å². The van der Waals surface area contributed by atoms with Crippen molar-refractivity contribution in [2.24, 2.45) is 0 Å². The van der Waals surface area contributed by atoms with Gasteiger partial charge in [0.25, 0.3) is 0 Å². The predicted molar refractivity (Wildman–Crippen MR) is 38.1 cm³/mol. The highest BCUT2D eigenvalue weighted by molar-refractivity contribution is 4.67. The van der Waals surface area contributed by atoms with Crippen LogP contribution in [0.3, 0.4) is 0 Å². The van der Waals surface area contributed by atoms with E-state index in [0.29, 0.717) is 6.42 Å². The predicted octanol–water partition coefficient (Wildman–Crippen LogP) is 3.18. The lowest BCUT2D eigenvalue weighted by atomic mass is 10.5. The SMILES string of the molecule is CCCOCC(F)(F)OC(F)(F)C(F)(F)F. The molecule has 0 radical (unpaired) electrons. The Balaban J connectivity index is 4.34. The van der Waals surface area contributed by atoms with Gasteiger partial charge in [0, 0.05) is 6.61 Å². The highest BCUT2D eigenvalue weighted by Crippen LogP contribution is 2.40. The topological polar surface area (TPSA) is 18.5 Å². The summed E-state index contributed by atoms with van der Waals surface area (Å²) >= 11 is 0. The van der Waals surface area contributed by atoms with E-state index in [4.69, 9.17) is 0 Å². The highest BCUT2D eigenvalue weighted by atomic mass is 19.4. The minimum absolute atomic E-state index is 0.198. The molecule has 0 aliphatic rings. The Morgan fingerprint density at radius 1 is 0.938 bits per heavy atom. The van der Waals surface area contributed by atoms with Gasteiger partial charge in [-0.25, -0.2) is 4.74 Å². The van der Waals surface area contributed by atoms with Crippen LogP contribution < -0.4 is 0 Å². The van der Waals surface area contributed by atoms with Gasteiger partial charge in [-0.05, 0) is 6.42 Å². The summed E-state index contributed by atoms with van der Waals surface area (Å²) in [6, 6.07) is 0. The second-order valence-corrected chi connectivity index (χ2v) is 2.81. The first-order valence-electron chi connectivity index (χ1n) is 4.12. The molecule has 0 spiro atoms. The molecule has 0 aromatic rings. The third-order valence-electron chi connectivity index (χ3n) is 1.23. The summed E-state index contributed by atoms with van der Waals surface area (Å²) in [5.41, 5.74) is 0. The van der Waals surface area contributed by atoms with E-state index in [2.05, 4.69) is 9.47 Å². The fraction of sp³-hybridized carbons (Fsp3) is 1.00. The molecular formula is C7H9F7O2. The maximum atomic E-state index is 12.4. The highest BCUT2D eigenvalue weighted by Gasteiger charge is 2.63. The summed E-state index contributed by atoms with van der Waals surface area (Å²) < 4.78 is 90.1. The van der Waals surface area contributed by atoms with Crippen LogP contribution in [-0.4, -0.2) is 31.6 Å². The summed E-state index contributed by atoms with van der Waals surface area (Å²) in [4.78, 5) is 0. The van der Waals surface area contributed by atoms with Crippen LogP contribution in [0.4, 0.5) is 30.7 Å². The zero-order valence-electron chi connectivity index (χ0n) is 8.08. The molecular weight excluding hydrogens is 249 g/mol. The van der Waals surface area contributed by atoms with E-state index in [0.717, 1.165) is 0 Å². The number of alkyl halides is 7. The van der Waals surface area contributed by atoms with E-state index in [1.54, 1.807) is 6.92 Å². The van der Waals surface area contributed by atoms with Crippen molar-refractivity contribution in [1.82, 2.24) is 0 Å². The Bertz CT molecular complexity index is 213. The van der Waals surface area contributed by atoms with Gasteiger partial charge >= 0.3 is 18.4 Å². The van der Waals surface area contributed by atoms with Crippen molar-refractivity contribution in [3.05, 3.63) is 0 Å². The van der Waals surface area contributed by atoms with E-state index >= 15 is 0 Å². The molecule has 0 aliphatic heterocycles. The number of halogens is 7. The van der Waals surface area contributed by atoms with E-state index in [-0.39, 0.29) is 6.61 Å². The van der Waals surface area contributed by atoms with Crippen molar-refractivity contribution in [2.75, 3.05) is 13.2 Å². The first-order chi connectivity index (χ1) is 7.02. The van der Waals surface area contributed by atoms with Crippen LogP contribution in [0.2, 0.25) is 0 Å². The standard InChI is InChI=1S/C7H9F7O2/c1-2-3-15-4-5(8,9)16-7(13,14)6(10,11)12/h2-4H2,1H3. The van der Waals surface area contributed by atoms with Gasteiger partial charge in [0.15, 0.2) is 0 Å². The molecule has 0 amide bonds. The molecule has 98 valence electrons. The Labute approximate surface area is 86.3 Å². The molecule has 16 heavy (non-hydrogen) atoms. The molecule has 0 rings (SSSR count). The Morgan fingerprint density at radius 2 is 1.44 bits per heavy atom. The quantitative estimate of drug-likeness (QED) is 0.538. The van der Waals surface area contributed by atoms with Crippen molar-refractivity contribution in [3.8, 4) is 0 Å². The van der Waals surface area contributed by atoms with Gasteiger partial charge in [0.05, 0.1) is 0 Å². The lowest BCUT2D eigenvalue weighted by Crippen LogP contribution is -2.46. The summed E-state index contributed by atoms with van der Waals surface area (Å²) in [5.74, 6) is 0. The van der Waals surface area contributed by atoms with Gasteiger partial charge in [-0.2, -0.15) is 30.7 Å². The summed E-state index contributed by atoms with van der Waals surface area (Å²) in [5, 5.41) is 0. The molecule has 0 atom stereocenters. The van der Waals surface area contributed by atoms with Crippen LogP contribution in [0, 0.1) is 0 Å². The van der Waals surface area contributed by atoms with Crippen molar-refractivity contribution >= 4 is 0 Å². The molecule has 2 nitrogen and oxygen atoms in total. The van der Waals surface area contributed by atoms with E-state index in [1.807, 2.05) is 0 Å². The van der Waals surface area contributed by atoms with Crippen LogP contribution in [0.5, 0.6) is 0 Å². The largest absolute Gasteiger partial charge is 0.483 e. The van der Waals surface area contributed by atoms with E-state index < -0.39 is 25.0 Å². The fourth-order valence-corrected chi connectivity index (χ4v) is 0.610. The zero-order valence-corrected chi connectivity index (χ0v) is 8.08. The number of hydrogen-bond acceptors (Lipinski definition) is 2. The molecule has 0 unspecified atom stereocenters. The molecule has 0 heterocycles. The molecule has 9 heteroatoms. The second-order valence-electron chi connectivity index (χ2n) is 2.81. The monoisotopic (exact) mass is 258 g/mol. The zero-order chi connectivity index (χ0) is 13.0. The van der Waals surface area contributed by atoms with E-state index in [1.165, 1.54) is 0 Å². The summed E-state index contributed by atoms with van der Waals surface area (Å²) in [6.45, 7) is -0.313. The molecule has 0 fully saturated rings. The summed E-state index contributed by atoms with van der Waals surface area (Å²) in [6.07, 6.45) is -16.5. The Kier molecular flexibility index (Phi) is 4.99. The lowest BCUT2D eigenvalue weighted by Gasteiger charge is -2.24. The van der Waals surface area contributed by atoms with Gasteiger partial charge in [0.2, 0.25) is 0 Å². The summed E-state index contributed by atoms with van der Waals surface area (Å²) in [7, 11) is 0. The van der Waals surface area contributed by atoms with Crippen LogP contribution in [0.1, 0.15) is 13.3 Å². The van der Waals surface area contributed by atoms with Crippen LogP contribution in [0.15, 0.2) is 0 Å². The third-order valence-corrected chi connectivity index (χ3v) is 1.23. The normalized spacial score (nSPS) is 14.2. The third kappa shape index (κ3) is 4.97. The number of rotatable bonds is 6. The Hall–Kier alpha value is -0.570. The molecule has 0 aliphatic carbocycles. The van der Waals surface area contributed by atoms with Crippen LogP contribution in [-0.2, 0) is 9.47 Å². The van der Waals surface area contributed by atoms with Crippen molar-refractivity contribution < 1.29 is 40.2 Å². The van der Waals surface area contributed by atoms with Gasteiger partial charge in [-0.3, -0.25) is 0 Å². The van der Waals surface area contributed by atoms with Crippen LogP contribution >= 0.6 is 0 Å². The number of ether oxygens (including phenoxy) is 2. The van der Waals surface area contributed by atoms with Crippen molar-refractivity contribution in [2.45, 2.75) is 31.7 Å². The van der Waals surface area contributed by atoms with Crippen LogP contribution in [0.25, 0.3) is 0 Å². The molecule has 0 saturated heterocycles. The number of hydrogen-bond donors (Lipinski definition) is 0. The molecule has 0 aromatic carbocycles. The fourth-order valence-electron chi connectivity index (χ4n) is 0.610.